The standard InChI is InChI=1S/C32H38N4O2/c1-4-17-35(3)18-7-20-38-31-22-26(10-12-27(31)24-11-13-28-25(21-24)14-16-33-28)32(37)36-19-15-23(2)34-29-8-5-6-9-30(29)36/h5-6,8-14,16,21-23,33-34H,4,7,15,17-20H2,1-3H3/t23-/m1/s1. The van der Waals surface area contributed by atoms with Crippen molar-refractivity contribution in [1.82, 2.24) is 9.88 Å². The summed E-state index contributed by atoms with van der Waals surface area (Å²) in [5.74, 6) is 0.743. The van der Waals surface area contributed by atoms with Gasteiger partial charge < -0.3 is 24.8 Å². The Morgan fingerprint density at radius 3 is 2.82 bits per heavy atom. The SMILES string of the molecule is CCCN(C)CCCOc1cc(C(=O)N2CC[C@@H](C)Nc3ccccc32)ccc1-c1ccc2[nH]ccc2c1. The smallest absolute Gasteiger partial charge is 0.258 e. The number of nitrogens with zero attached hydrogens (tertiary/aromatic N) is 2. The van der Waals surface area contributed by atoms with Gasteiger partial charge in [-0.15, -0.1) is 0 Å². The van der Waals surface area contributed by atoms with Crippen LogP contribution in [0.15, 0.2) is 72.9 Å². The van der Waals surface area contributed by atoms with Gasteiger partial charge in [-0.3, -0.25) is 4.79 Å². The van der Waals surface area contributed by atoms with E-state index in [0.29, 0.717) is 24.8 Å². The second-order valence-electron chi connectivity index (χ2n) is 10.3. The van der Waals surface area contributed by atoms with Crippen LogP contribution < -0.4 is 15.0 Å². The summed E-state index contributed by atoms with van der Waals surface area (Å²) in [5, 5.41) is 4.69. The van der Waals surface area contributed by atoms with Crippen molar-refractivity contribution in [2.24, 2.45) is 0 Å². The summed E-state index contributed by atoms with van der Waals surface area (Å²) in [7, 11) is 2.15. The van der Waals surface area contributed by atoms with E-state index in [1.54, 1.807) is 0 Å². The van der Waals surface area contributed by atoms with Crippen LogP contribution in [0.1, 0.15) is 43.5 Å². The molecule has 1 aromatic heterocycles. The zero-order chi connectivity index (χ0) is 26.5. The van der Waals surface area contributed by atoms with Crippen molar-refractivity contribution in [3.05, 3.63) is 78.5 Å². The summed E-state index contributed by atoms with van der Waals surface area (Å²) in [5.41, 5.74) is 5.73. The monoisotopic (exact) mass is 510 g/mol. The molecule has 0 unspecified atom stereocenters. The van der Waals surface area contributed by atoms with Crippen LogP contribution in [0.5, 0.6) is 5.75 Å². The Bertz CT molecular complexity index is 1400. The first-order valence-electron chi connectivity index (χ1n) is 13.7. The molecule has 38 heavy (non-hydrogen) atoms. The molecule has 1 atom stereocenters. The Balaban J connectivity index is 1.45. The minimum atomic E-state index is -0.00600. The van der Waals surface area contributed by atoms with Crippen LogP contribution in [0.3, 0.4) is 0 Å². The molecule has 5 rings (SSSR count). The molecule has 1 amide bonds. The molecule has 1 aliphatic rings. The van der Waals surface area contributed by atoms with Gasteiger partial charge in [-0.25, -0.2) is 0 Å². The normalized spacial score (nSPS) is 15.3. The third-order valence-corrected chi connectivity index (χ3v) is 7.27. The molecule has 0 saturated carbocycles. The number of carbonyl (C=O) groups is 1. The van der Waals surface area contributed by atoms with Crippen molar-refractivity contribution in [3.63, 3.8) is 0 Å². The zero-order valence-corrected chi connectivity index (χ0v) is 22.7. The lowest BCUT2D eigenvalue weighted by Gasteiger charge is -2.23. The number of amides is 1. The molecule has 0 fully saturated rings. The van der Waals surface area contributed by atoms with Gasteiger partial charge in [-0.05, 0) is 99.3 Å². The Morgan fingerprint density at radius 1 is 1.08 bits per heavy atom. The van der Waals surface area contributed by atoms with E-state index >= 15 is 0 Å². The van der Waals surface area contributed by atoms with E-state index in [0.717, 1.165) is 71.5 Å². The van der Waals surface area contributed by atoms with Gasteiger partial charge in [-0.1, -0.05) is 25.1 Å². The fraction of sp³-hybridized carbons (Fsp3) is 0.344. The van der Waals surface area contributed by atoms with Gasteiger partial charge in [0.05, 0.1) is 18.0 Å². The number of carbonyl (C=O) groups excluding carboxylic acids is 1. The highest BCUT2D eigenvalue weighted by molar-refractivity contribution is 6.08. The minimum Gasteiger partial charge on any atom is -0.493 e. The maximum Gasteiger partial charge on any atom is 0.258 e. The molecule has 0 saturated heterocycles. The second kappa shape index (κ2) is 11.7. The maximum atomic E-state index is 13.9. The zero-order valence-electron chi connectivity index (χ0n) is 22.7. The number of aromatic nitrogens is 1. The lowest BCUT2D eigenvalue weighted by Crippen LogP contribution is -2.32. The van der Waals surface area contributed by atoms with Gasteiger partial charge in [0.1, 0.15) is 5.75 Å². The van der Waals surface area contributed by atoms with E-state index in [1.165, 1.54) is 0 Å². The predicted octanol–water partition coefficient (Wildman–Crippen LogP) is 6.80. The number of rotatable bonds is 9. The van der Waals surface area contributed by atoms with Crippen LogP contribution in [0, 0.1) is 0 Å². The van der Waals surface area contributed by atoms with E-state index in [2.05, 4.69) is 60.4 Å². The number of aromatic amines is 1. The molecular formula is C32H38N4O2. The summed E-state index contributed by atoms with van der Waals surface area (Å²) in [6.07, 6.45) is 4.90. The van der Waals surface area contributed by atoms with Crippen LogP contribution in [-0.4, -0.2) is 55.1 Å². The van der Waals surface area contributed by atoms with Crippen LogP contribution >= 0.6 is 0 Å². The number of para-hydroxylation sites is 2. The summed E-state index contributed by atoms with van der Waals surface area (Å²) in [6, 6.07) is 22.7. The van der Waals surface area contributed by atoms with Crippen molar-refractivity contribution in [1.29, 1.82) is 0 Å². The molecule has 3 aromatic carbocycles. The van der Waals surface area contributed by atoms with Crippen LogP contribution in [-0.2, 0) is 0 Å². The second-order valence-corrected chi connectivity index (χ2v) is 10.3. The van der Waals surface area contributed by atoms with Crippen molar-refractivity contribution in [2.75, 3.05) is 43.5 Å². The molecule has 0 bridgehead atoms. The van der Waals surface area contributed by atoms with E-state index in [4.69, 9.17) is 4.74 Å². The van der Waals surface area contributed by atoms with Crippen LogP contribution in [0.25, 0.3) is 22.0 Å². The first kappa shape index (κ1) is 25.9. The molecule has 198 valence electrons. The largest absolute Gasteiger partial charge is 0.493 e. The van der Waals surface area contributed by atoms with Gasteiger partial charge in [0, 0.05) is 42.0 Å². The van der Waals surface area contributed by atoms with Crippen LogP contribution in [0.4, 0.5) is 11.4 Å². The van der Waals surface area contributed by atoms with E-state index in [9.17, 15) is 4.79 Å². The summed E-state index contributed by atoms with van der Waals surface area (Å²) in [6.45, 7) is 7.67. The number of anilines is 2. The third kappa shape index (κ3) is 5.70. The third-order valence-electron chi connectivity index (χ3n) is 7.27. The molecule has 0 spiro atoms. The molecule has 1 aliphatic heterocycles. The fourth-order valence-electron chi connectivity index (χ4n) is 5.22. The Labute approximate surface area is 225 Å². The lowest BCUT2D eigenvalue weighted by atomic mass is 10.0. The van der Waals surface area contributed by atoms with Gasteiger partial charge in [0.2, 0.25) is 0 Å². The number of hydrogen-bond acceptors (Lipinski definition) is 4. The quantitative estimate of drug-likeness (QED) is 0.243. The van der Waals surface area contributed by atoms with Gasteiger partial charge in [-0.2, -0.15) is 0 Å². The number of nitrogens with one attached hydrogen (secondary N) is 2. The highest BCUT2D eigenvalue weighted by Gasteiger charge is 2.25. The van der Waals surface area contributed by atoms with Crippen molar-refractivity contribution in [2.45, 2.75) is 39.2 Å². The number of H-pyrrole nitrogens is 1. The first-order valence-corrected chi connectivity index (χ1v) is 13.7. The maximum absolute atomic E-state index is 13.9. The molecular weight excluding hydrogens is 472 g/mol. The molecule has 2 heterocycles. The Hall–Kier alpha value is -3.77. The lowest BCUT2D eigenvalue weighted by molar-refractivity contribution is 0.0986. The van der Waals surface area contributed by atoms with Crippen LogP contribution in [0.2, 0.25) is 0 Å². The Kier molecular flexibility index (Phi) is 7.99. The highest BCUT2D eigenvalue weighted by Crippen LogP contribution is 2.35. The highest BCUT2D eigenvalue weighted by atomic mass is 16.5. The topological polar surface area (TPSA) is 60.6 Å². The molecule has 0 aliphatic carbocycles. The molecule has 6 nitrogen and oxygen atoms in total. The van der Waals surface area contributed by atoms with Crippen molar-refractivity contribution < 1.29 is 9.53 Å². The number of ether oxygens (including phenoxy) is 1. The average Bonchev–Trinajstić information content (AvgIpc) is 3.33. The fourth-order valence-corrected chi connectivity index (χ4v) is 5.22. The van der Waals surface area contributed by atoms with E-state index in [-0.39, 0.29) is 5.91 Å². The summed E-state index contributed by atoms with van der Waals surface area (Å²) < 4.78 is 6.39. The molecule has 6 heteroatoms. The average molecular weight is 511 g/mol. The minimum absolute atomic E-state index is 0.00600. The van der Waals surface area contributed by atoms with Gasteiger partial charge in [0.25, 0.3) is 5.91 Å². The summed E-state index contributed by atoms with van der Waals surface area (Å²) in [4.78, 5) is 21.4. The first-order chi connectivity index (χ1) is 18.5. The summed E-state index contributed by atoms with van der Waals surface area (Å²) >= 11 is 0. The van der Waals surface area contributed by atoms with Gasteiger partial charge in [0.15, 0.2) is 0 Å². The molecule has 2 N–H and O–H groups in total. The van der Waals surface area contributed by atoms with Crippen molar-refractivity contribution >= 4 is 28.2 Å². The van der Waals surface area contributed by atoms with Crippen molar-refractivity contribution in [3.8, 4) is 16.9 Å². The number of fused-ring (bicyclic) bond motifs is 2. The van der Waals surface area contributed by atoms with E-state index in [1.807, 2.05) is 53.6 Å². The Morgan fingerprint density at radius 2 is 1.95 bits per heavy atom. The number of hydrogen-bond donors (Lipinski definition) is 2. The number of benzene rings is 3. The molecule has 0 radical (unpaired) electrons. The van der Waals surface area contributed by atoms with Gasteiger partial charge >= 0.3 is 0 Å². The van der Waals surface area contributed by atoms with E-state index < -0.39 is 0 Å². The predicted molar refractivity (Wildman–Crippen MR) is 157 cm³/mol. The molecule has 4 aromatic rings.